The molecule has 0 aromatic rings. The van der Waals surface area contributed by atoms with Crippen molar-refractivity contribution < 1.29 is 14.3 Å². The third kappa shape index (κ3) is 3.24. The van der Waals surface area contributed by atoms with Gasteiger partial charge in [-0.05, 0) is 25.2 Å². The maximum atomic E-state index is 11.3. The van der Waals surface area contributed by atoms with Crippen molar-refractivity contribution in [1.29, 1.82) is 0 Å². The summed E-state index contributed by atoms with van der Waals surface area (Å²) in [7, 11) is 0. The summed E-state index contributed by atoms with van der Waals surface area (Å²) in [5, 5.41) is 0. The molecule has 1 saturated heterocycles. The van der Waals surface area contributed by atoms with Gasteiger partial charge < -0.3 is 9.47 Å². The van der Waals surface area contributed by atoms with Crippen LogP contribution in [0.15, 0.2) is 11.6 Å². The van der Waals surface area contributed by atoms with Crippen LogP contribution in [0, 0.1) is 23.2 Å². The largest absolute Gasteiger partial charge is 0.465 e. The van der Waals surface area contributed by atoms with E-state index in [4.69, 9.17) is 9.47 Å². The summed E-state index contributed by atoms with van der Waals surface area (Å²) in [6, 6.07) is 0. The van der Waals surface area contributed by atoms with Crippen molar-refractivity contribution in [2.45, 2.75) is 66.4 Å². The van der Waals surface area contributed by atoms with Crippen LogP contribution in [-0.4, -0.2) is 25.3 Å². The van der Waals surface area contributed by atoms with Crippen LogP contribution >= 0.6 is 0 Å². The lowest BCUT2D eigenvalue weighted by Crippen LogP contribution is -2.56. The Morgan fingerprint density at radius 1 is 1.41 bits per heavy atom. The first-order chi connectivity index (χ1) is 10.4. The lowest BCUT2D eigenvalue weighted by atomic mass is 9.56. The average Bonchev–Trinajstić information content (AvgIpc) is 2.45. The Kier molecular flexibility index (Phi) is 5.70. The summed E-state index contributed by atoms with van der Waals surface area (Å²) in [5.41, 5.74) is 1.40. The van der Waals surface area contributed by atoms with Gasteiger partial charge in [0.15, 0.2) is 0 Å². The summed E-state index contributed by atoms with van der Waals surface area (Å²) in [5.74, 6) is 1.15. The van der Waals surface area contributed by atoms with Gasteiger partial charge in [0.25, 0.3) is 0 Å². The highest BCUT2D eigenvalue weighted by Gasteiger charge is 2.53. The van der Waals surface area contributed by atoms with Gasteiger partial charge in [-0.25, -0.2) is 0 Å². The number of carbonyl (C=O) groups excluding carboxylic acids is 1. The molecule has 0 amide bonds. The molecule has 4 unspecified atom stereocenters. The summed E-state index contributed by atoms with van der Waals surface area (Å²) in [4.78, 5) is 11.3. The second-order valence-electron chi connectivity index (χ2n) is 7.37. The fraction of sp³-hybridized carbons (Fsp3) is 0.842. The molecule has 1 aliphatic carbocycles. The molecule has 1 heterocycles. The van der Waals surface area contributed by atoms with Crippen molar-refractivity contribution in [3.05, 3.63) is 11.6 Å². The third-order valence-electron chi connectivity index (χ3n) is 5.99. The highest BCUT2D eigenvalue weighted by Crippen LogP contribution is 2.53. The summed E-state index contributed by atoms with van der Waals surface area (Å²) in [6.45, 7) is 11.7. The molecule has 0 spiro atoms. The van der Waals surface area contributed by atoms with Gasteiger partial charge >= 0.3 is 5.97 Å². The Morgan fingerprint density at radius 2 is 2.14 bits per heavy atom. The monoisotopic (exact) mass is 308 g/mol. The van der Waals surface area contributed by atoms with Crippen LogP contribution in [0.4, 0.5) is 0 Å². The van der Waals surface area contributed by atoms with Gasteiger partial charge in [-0.15, -0.1) is 0 Å². The van der Waals surface area contributed by atoms with Gasteiger partial charge in [-0.2, -0.15) is 0 Å². The van der Waals surface area contributed by atoms with Crippen molar-refractivity contribution in [2.24, 2.45) is 23.2 Å². The minimum absolute atomic E-state index is 0.0584. The average molecular weight is 308 g/mol. The quantitative estimate of drug-likeness (QED) is 0.415. The predicted molar refractivity (Wildman–Crippen MR) is 88.5 cm³/mol. The Bertz CT molecular complexity index is 428. The molecular formula is C19H32O3. The van der Waals surface area contributed by atoms with Crippen molar-refractivity contribution in [1.82, 2.24) is 0 Å². The van der Waals surface area contributed by atoms with E-state index in [1.54, 1.807) is 0 Å². The number of esters is 1. The topological polar surface area (TPSA) is 35.5 Å². The molecule has 2 aliphatic rings. The van der Waals surface area contributed by atoms with Crippen molar-refractivity contribution in [3.8, 4) is 0 Å². The minimum atomic E-state index is -0.193. The predicted octanol–water partition coefficient (Wildman–Crippen LogP) is 4.36. The van der Waals surface area contributed by atoms with Crippen LogP contribution in [0.3, 0.4) is 0 Å². The SMILES string of the molecule is CCCCCC1OCC2(COC(C)=O)C(C)C=C(C)C1[C@@H]2C. The zero-order valence-electron chi connectivity index (χ0n) is 14.9. The summed E-state index contributed by atoms with van der Waals surface area (Å²) < 4.78 is 11.7. The Morgan fingerprint density at radius 3 is 2.77 bits per heavy atom. The number of hydrogen-bond donors (Lipinski definition) is 0. The second kappa shape index (κ2) is 7.16. The second-order valence-corrected chi connectivity index (χ2v) is 7.37. The number of ether oxygens (including phenoxy) is 2. The third-order valence-corrected chi connectivity index (χ3v) is 5.99. The van der Waals surface area contributed by atoms with E-state index in [0.29, 0.717) is 37.1 Å². The molecule has 1 aliphatic heterocycles. The van der Waals surface area contributed by atoms with E-state index in [1.165, 1.54) is 31.8 Å². The van der Waals surface area contributed by atoms with Crippen LogP contribution in [0.5, 0.6) is 0 Å². The van der Waals surface area contributed by atoms with E-state index in [1.807, 2.05) is 0 Å². The molecule has 3 nitrogen and oxygen atoms in total. The van der Waals surface area contributed by atoms with E-state index in [9.17, 15) is 4.79 Å². The number of unbranched alkanes of at least 4 members (excludes halogenated alkanes) is 2. The molecule has 22 heavy (non-hydrogen) atoms. The highest BCUT2D eigenvalue weighted by atomic mass is 16.5. The zero-order chi connectivity index (χ0) is 16.3. The van der Waals surface area contributed by atoms with Crippen LogP contribution in [0.2, 0.25) is 0 Å². The van der Waals surface area contributed by atoms with E-state index < -0.39 is 0 Å². The Balaban J connectivity index is 2.17. The number of carbonyl (C=O) groups is 1. The van der Waals surface area contributed by atoms with Gasteiger partial charge in [0.05, 0.1) is 19.3 Å². The van der Waals surface area contributed by atoms with Gasteiger partial charge in [0.2, 0.25) is 0 Å². The Hall–Kier alpha value is -0.830. The summed E-state index contributed by atoms with van der Waals surface area (Å²) in [6.07, 6.45) is 7.63. The fourth-order valence-corrected chi connectivity index (χ4v) is 4.48. The molecule has 2 bridgehead atoms. The number of hydrogen-bond acceptors (Lipinski definition) is 3. The van der Waals surface area contributed by atoms with Crippen LogP contribution in [0.1, 0.15) is 60.3 Å². The van der Waals surface area contributed by atoms with Gasteiger partial charge in [-0.3, -0.25) is 4.79 Å². The molecule has 0 N–H and O–H groups in total. The first kappa shape index (κ1) is 17.5. The van der Waals surface area contributed by atoms with Crippen molar-refractivity contribution in [3.63, 3.8) is 0 Å². The highest BCUT2D eigenvalue weighted by molar-refractivity contribution is 5.65. The van der Waals surface area contributed by atoms with Gasteiger partial charge in [0.1, 0.15) is 0 Å². The molecule has 0 aromatic carbocycles. The molecule has 0 radical (unpaired) electrons. The van der Waals surface area contributed by atoms with E-state index >= 15 is 0 Å². The minimum Gasteiger partial charge on any atom is -0.465 e. The zero-order valence-corrected chi connectivity index (χ0v) is 14.9. The van der Waals surface area contributed by atoms with E-state index in [2.05, 4.69) is 33.8 Å². The molecule has 1 fully saturated rings. The normalized spacial score (nSPS) is 37.6. The first-order valence-electron chi connectivity index (χ1n) is 8.85. The molecule has 0 saturated carbocycles. The number of fused-ring (bicyclic) bond motifs is 2. The first-order valence-corrected chi connectivity index (χ1v) is 8.85. The number of rotatable bonds is 6. The van der Waals surface area contributed by atoms with Crippen molar-refractivity contribution in [2.75, 3.05) is 13.2 Å². The lowest BCUT2D eigenvalue weighted by molar-refractivity contribution is -0.180. The van der Waals surface area contributed by atoms with Crippen LogP contribution < -0.4 is 0 Å². The molecule has 5 atom stereocenters. The van der Waals surface area contributed by atoms with Crippen LogP contribution in [0.25, 0.3) is 0 Å². The molecule has 126 valence electrons. The maximum absolute atomic E-state index is 11.3. The van der Waals surface area contributed by atoms with Gasteiger partial charge in [0, 0.05) is 18.3 Å². The summed E-state index contributed by atoms with van der Waals surface area (Å²) >= 11 is 0. The maximum Gasteiger partial charge on any atom is 0.302 e. The molecular weight excluding hydrogens is 276 g/mol. The standard InChI is InChI=1S/C19H32O3/c1-6-7-8-9-17-18-13(2)10-14(3)19(12-22-17,15(18)4)11-21-16(5)20/h10,14-15,17-18H,6-9,11-12H2,1-5H3/t14?,15-,17?,18?,19?/m0/s1. The molecule has 3 heteroatoms. The Labute approximate surface area is 135 Å². The van der Waals surface area contributed by atoms with E-state index in [0.717, 1.165) is 6.42 Å². The van der Waals surface area contributed by atoms with Crippen molar-refractivity contribution >= 4 is 5.97 Å². The van der Waals surface area contributed by atoms with E-state index in [-0.39, 0.29) is 11.4 Å². The molecule has 0 aromatic heterocycles. The van der Waals surface area contributed by atoms with Crippen LogP contribution in [-0.2, 0) is 14.3 Å². The fourth-order valence-electron chi connectivity index (χ4n) is 4.48. The number of allylic oxidation sites excluding steroid dienone is 1. The lowest BCUT2D eigenvalue weighted by Gasteiger charge is -2.55. The smallest absolute Gasteiger partial charge is 0.302 e. The molecule has 2 rings (SSSR count). The van der Waals surface area contributed by atoms with Gasteiger partial charge in [-0.1, -0.05) is 51.7 Å².